The maximum atomic E-state index is 12.9. The molecule has 3 aromatic rings. The lowest BCUT2D eigenvalue weighted by Gasteiger charge is -2.19. The van der Waals surface area contributed by atoms with Crippen molar-refractivity contribution in [2.75, 3.05) is 24.3 Å². The predicted octanol–water partition coefficient (Wildman–Crippen LogP) is 5.37. The normalized spacial score (nSPS) is 11.6. The monoisotopic (exact) mass is 496 g/mol. The van der Waals surface area contributed by atoms with Gasteiger partial charge in [-0.1, -0.05) is 45.0 Å². The average Bonchev–Trinajstić information content (AvgIpc) is 2.82. The molecule has 0 aliphatic rings. The van der Waals surface area contributed by atoms with Crippen LogP contribution in [0.3, 0.4) is 0 Å². The molecular weight excluding hydrogens is 464 g/mol. The van der Waals surface area contributed by atoms with Crippen LogP contribution >= 0.6 is 0 Å². The number of carbonyl (C=O) groups excluding carboxylic acids is 1. The van der Waals surface area contributed by atoms with Crippen molar-refractivity contribution in [1.29, 1.82) is 0 Å². The second-order valence-electron chi connectivity index (χ2n) is 9.19. The van der Waals surface area contributed by atoms with Crippen LogP contribution in [0.25, 0.3) is 0 Å². The van der Waals surface area contributed by atoms with Crippen LogP contribution in [0.1, 0.15) is 38.3 Å². The van der Waals surface area contributed by atoms with Crippen LogP contribution in [0.5, 0.6) is 11.5 Å². The minimum atomic E-state index is -3.87. The zero-order valence-corrected chi connectivity index (χ0v) is 21.5. The zero-order valence-electron chi connectivity index (χ0n) is 20.7. The average molecular weight is 497 g/mol. The molecule has 186 valence electrons. The maximum Gasteiger partial charge on any atom is 0.262 e. The Bertz CT molecular complexity index is 1260. The van der Waals surface area contributed by atoms with E-state index in [1.165, 1.54) is 31.9 Å². The summed E-state index contributed by atoms with van der Waals surface area (Å²) in [5.74, 6) is 0.720. The number of hydrogen-bond donors (Lipinski definition) is 2. The van der Waals surface area contributed by atoms with Gasteiger partial charge in [0.05, 0.1) is 24.8 Å². The fourth-order valence-electron chi connectivity index (χ4n) is 3.47. The van der Waals surface area contributed by atoms with Gasteiger partial charge < -0.3 is 14.8 Å². The maximum absolute atomic E-state index is 12.9. The Morgan fingerprint density at radius 1 is 0.886 bits per heavy atom. The van der Waals surface area contributed by atoms with E-state index in [0.717, 1.165) is 5.56 Å². The molecule has 0 aromatic heterocycles. The quantitative estimate of drug-likeness (QED) is 0.415. The van der Waals surface area contributed by atoms with Crippen molar-refractivity contribution in [3.05, 3.63) is 77.9 Å². The van der Waals surface area contributed by atoms with Crippen molar-refractivity contribution in [3.63, 3.8) is 0 Å². The number of ether oxygens (including phenoxy) is 2. The summed E-state index contributed by atoms with van der Waals surface area (Å²) >= 11 is 0. The minimum absolute atomic E-state index is 0.0549. The molecule has 3 rings (SSSR count). The highest BCUT2D eigenvalue weighted by Crippen LogP contribution is 2.31. The second-order valence-corrected chi connectivity index (χ2v) is 10.9. The van der Waals surface area contributed by atoms with Crippen LogP contribution in [-0.4, -0.2) is 28.5 Å². The molecule has 0 spiro atoms. The fraction of sp³-hybridized carbons (Fsp3) is 0.296. The van der Waals surface area contributed by atoms with Crippen molar-refractivity contribution < 1.29 is 22.7 Å². The summed E-state index contributed by atoms with van der Waals surface area (Å²) in [7, 11) is -0.923. The van der Waals surface area contributed by atoms with Gasteiger partial charge in [-0.15, -0.1) is 0 Å². The summed E-state index contributed by atoms with van der Waals surface area (Å²) in [6, 6.07) is 19.1. The van der Waals surface area contributed by atoms with Crippen LogP contribution in [0.4, 0.5) is 11.4 Å². The molecule has 7 nitrogen and oxygen atoms in total. The summed E-state index contributed by atoms with van der Waals surface area (Å²) in [5.41, 5.74) is 3.22. The molecule has 1 amide bonds. The lowest BCUT2D eigenvalue weighted by atomic mass is 9.86. The van der Waals surface area contributed by atoms with E-state index in [1.54, 1.807) is 30.3 Å². The number of aryl methyl sites for hydroxylation is 1. The Balaban J connectivity index is 1.61. The van der Waals surface area contributed by atoms with Crippen molar-refractivity contribution in [2.24, 2.45) is 0 Å². The van der Waals surface area contributed by atoms with E-state index in [9.17, 15) is 13.2 Å². The highest BCUT2D eigenvalue weighted by Gasteiger charge is 2.18. The molecule has 0 radical (unpaired) electrons. The Labute approximate surface area is 207 Å². The first-order valence-corrected chi connectivity index (χ1v) is 12.7. The summed E-state index contributed by atoms with van der Waals surface area (Å²) in [4.78, 5) is 12.5. The van der Waals surface area contributed by atoms with Gasteiger partial charge in [-0.2, -0.15) is 0 Å². The van der Waals surface area contributed by atoms with Crippen molar-refractivity contribution >= 4 is 27.3 Å². The van der Waals surface area contributed by atoms with E-state index in [0.29, 0.717) is 30.0 Å². The van der Waals surface area contributed by atoms with Crippen molar-refractivity contribution in [2.45, 2.75) is 43.9 Å². The number of hydrogen-bond acceptors (Lipinski definition) is 5. The molecule has 0 fully saturated rings. The van der Waals surface area contributed by atoms with Crippen molar-refractivity contribution in [1.82, 2.24) is 0 Å². The second kappa shape index (κ2) is 10.8. The van der Waals surface area contributed by atoms with Gasteiger partial charge in [-0.05, 0) is 59.4 Å². The first kappa shape index (κ1) is 26.1. The Hall–Kier alpha value is -3.52. The summed E-state index contributed by atoms with van der Waals surface area (Å²) < 4.78 is 38.6. The van der Waals surface area contributed by atoms with Crippen LogP contribution < -0.4 is 19.5 Å². The largest absolute Gasteiger partial charge is 0.497 e. The highest BCUT2D eigenvalue weighted by molar-refractivity contribution is 7.92. The van der Waals surface area contributed by atoms with Gasteiger partial charge in [0, 0.05) is 18.2 Å². The summed E-state index contributed by atoms with van der Waals surface area (Å²) in [5, 5.41) is 2.82. The number of amides is 1. The molecular formula is C27H32N2O5S. The molecule has 0 unspecified atom stereocenters. The first-order valence-electron chi connectivity index (χ1n) is 11.3. The van der Waals surface area contributed by atoms with Gasteiger partial charge in [-0.25, -0.2) is 8.42 Å². The topological polar surface area (TPSA) is 93.7 Å². The van der Waals surface area contributed by atoms with E-state index in [-0.39, 0.29) is 21.9 Å². The summed E-state index contributed by atoms with van der Waals surface area (Å²) in [6.07, 6.45) is 0.946. The van der Waals surface area contributed by atoms with E-state index in [1.807, 2.05) is 0 Å². The predicted molar refractivity (Wildman–Crippen MR) is 139 cm³/mol. The van der Waals surface area contributed by atoms with Gasteiger partial charge >= 0.3 is 0 Å². The van der Waals surface area contributed by atoms with Gasteiger partial charge in [0.15, 0.2) is 0 Å². The fourth-order valence-corrected chi connectivity index (χ4v) is 4.53. The van der Waals surface area contributed by atoms with E-state index < -0.39 is 10.0 Å². The number of anilines is 2. The van der Waals surface area contributed by atoms with Crippen LogP contribution in [0, 0.1) is 0 Å². The molecule has 0 heterocycles. The van der Waals surface area contributed by atoms with Gasteiger partial charge in [0.25, 0.3) is 10.0 Å². The third-order valence-corrected chi connectivity index (χ3v) is 6.94. The molecule has 0 aliphatic heterocycles. The van der Waals surface area contributed by atoms with Crippen LogP contribution in [0.2, 0.25) is 0 Å². The molecule has 0 atom stereocenters. The van der Waals surface area contributed by atoms with Gasteiger partial charge in [0.2, 0.25) is 5.91 Å². The van der Waals surface area contributed by atoms with Crippen LogP contribution in [0.15, 0.2) is 71.6 Å². The molecule has 0 bridgehead atoms. The van der Waals surface area contributed by atoms with Crippen LogP contribution in [-0.2, 0) is 26.7 Å². The SMILES string of the molecule is COc1ccc(OC)c(NS(=O)(=O)c2ccc(NC(=O)CCc3ccc(C(C)(C)C)cc3)cc2)c1. The molecule has 35 heavy (non-hydrogen) atoms. The van der Waals surface area contributed by atoms with Gasteiger partial charge in [0.1, 0.15) is 11.5 Å². The molecule has 0 saturated carbocycles. The number of benzene rings is 3. The third-order valence-electron chi connectivity index (χ3n) is 5.56. The van der Waals surface area contributed by atoms with Gasteiger partial charge in [-0.3, -0.25) is 9.52 Å². The Morgan fingerprint density at radius 3 is 2.11 bits per heavy atom. The highest BCUT2D eigenvalue weighted by atomic mass is 32.2. The molecule has 0 aliphatic carbocycles. The Morgan fingerprint density at radius 2 is 1.54 bits per heavy atom. The number of methoxy groups -OCH3 is 2. The Kier molecular flexibility index (Phi) is 8.07. The summed E-state index contributed by atoms with van der Waals surface area (Å²) in [6.45, 7) is 6.49. The molecule has 8 heteroatoms. The van der Waals surface area contributed by atoms with E-state index >= 15 is 0 Å². The number of rotatable bonds is 9. The minimum Gasteiger partial charge on any atom is -0.497 e. The zero-order chi connectivity index (χ0) is 25.6. The molecule has 3 aromatic carbocycles. The molecule has 2 N–H and O–H groups in total. The third kappa shape index (κ3) is 6.99. The molecule has 0 saturated heterocycles. The standard InChI is InChI=1S/C27H32N2O5S/c1-27(2,3)20-9-6-19(7-10-20)8-17-26(30)28-21-11-14-23(15-12-21)35(31,32)29-24-18-22(33-4)13-16-25(24)34-5/h6-7,9-16,18,29H,8,17H2,1-5H3,(H,28,30). The lowest BCUT2D eigenvalue weighted by molar-refractivity contribution is -0.116. The van der Waals surface area contributed by atoms with E-state index in [2.05, 4.69) is 55.1 Å². The number of carbonyl (C=O) groups is 1. The van der Waals surface area contributed by atoms with Crippen molar-refractivity contribution in [3.8, 4) is 11.5 Å². The number of sulfonamides is 1. The lowest BCUT2D eigenvalue weighted by Crippen LogP contribution is -2.15. The first-order chi connectivity index (χ1) is 16.5. The smallest absolute Gasteiger partial charge is 0.262 e. The number of nitrogens with one attached hydrogen (secondary N) is 2. The van der Waals surface area contributed by atoms with E-state index in [4.69, 9.17) is 9.47 Å².